The molecule has 140 valence electrons. The Hall–Kier alpha value is -2.79. The van der Waals surface area contributed by atoms with Crippen LogP contribution in [0.4, 0.5) is 11.6 Å². The highest BCUT2D eigenvalue weighted by atomic mass is 35.5. The highest BCUT2D eigenvalue weighted by Crippen LogP contribution is 2.20. The van der Waals surface area contributed by atoms with Crippen LogP contribution in [0.3, 0.4) is 0 Å². The van der Waals surface area contributed by atoms with Crippen LogP contribution in [0.15, 0.2) is 53.3 Å². The molecule has 1 aromatic heterocycles. The van der Waals surface area contributed by atoms with Crippen molar-refractivity contribution in [3.8, 4) is 5.75 Å². The van der Waals surface area contributed by atoms with Crippen molar-refractivity contribution in [2.24, 2.45) is 0 Å². The summed E-state index contributed by atoms with van der Waals surface area (Å²) >= 11 is 5.92. The molecule has 0 spiro atoms. The van der Waals surface area contributed by atoms with Gasteiger partial charge in [-0.25, -0.2) is 4.98 Å². The van der Waals surface area contributed by atoms with Crippen molar-refractivity contribution in [3.63, 3.8) is 0 Å². The summed E-state index contributed by atoms with van der Waals surface area (Å²) in [6.07, 6.45) is 1.45. The molecule has 5 nitrogen and oxygen atoms in total. The minimum atomic E-state index is -0.154. The molecule has 0 bridgehead atoms. The van der Waals surface area contributed by atoms with Crippen LogP contribution in [0.1, 0.15) is 30.2 Å². The van der Waals surface area contributed by atoms with Gasteiger partial charge in [-0.2, -0.15) is 0 Å². The van der Waals surface area contributed by atoms with Crippen LogP contribution in [-0.4, -0.2) is 16.6 Å². The molecule has 27 heavy (non-hydrogen) atoms. The molecule has 1 heterocycles. The summed E-state index contributed by atoms with van der Waals surface area (Å²) in [5.41, 5.74) is 2.99. The van der Waals surface area contributed by atoms with Crippen LogP contribution >= 0.6 is 11.6 Å². The number of hydrogen-bond acceptors (Lipinski definition) is 4. The maximum absolute atomic E-state index is 12.5. The van der Waals surface area contributed by atoms with Gasteiger partial charge in [-0.1, -0.05) is 36.7 Å². The smallest absolute Gasteiger partial charge is 0.256 e. The first kappa shape index (κ1) is 19.0. The van der Waals surface area contributed by atoms with Gasteiger partial charge in [-0.05, 0) is 43.2 Å². The van der Waals surface area contributed by atoms with E-state index < -0.39 is 0 Å². The molecular formula is C21H22ClN3O2. The standard InChI is InChI=1S/C21H22ClN3O2/c1-3-11-27-18-6-4-5-17(13-18)24-21-23-14(2)19(20(26)25-21)12-15-7-9-16(22)10-8-15/h4-10,13H,3,11-12H2,1-2H3,(H2,23,24,25,26). The van der Waals surface area contributed by atoms with E-state index in [1.165, 1.54) is 0 Å². The Morgan fingerprint density at radius 3 is 2.67 bits per heavy atom. The number of nitrogens with zero attached hydrogens (tertiary/aromatic N) is 1. The zero-order valence-electron chi connectivity index (χ0n) is 15.4. The average molecular weight is 384 g/mol. The molecule has 2 N–H and O–H groups in total. The van der Waals surface area contributed by atoms with Crippen molar-refractivity contribution in [1.82, 2.24) is 9.97 Å². The van der Waals surface area contributed by atoms with Crippen LogP contribution in [0.5, 0.6) is 5.75 Å². The van der Waals surface area contributed by atoms with Gasteiger partial charge >= 0.3 is 0 Å². The second kappa shape index (κ2) is 8.73. The van der Waals surface area contributed by atoms with E-state index in [4.69, 9.17) is 16.3 Å². The molecule has 2 aromatic carbocycles. The van der Waals surface area contributed by atoms with Crippen LogP contribution in [0.25, 0.3) is 0 Å². The predicted molar refractivity (Wildman–Crippen MR) is 109 cm³/mol. The highest BCUT2D eigenvalue weighted by molar-refractivity contribution is 6.30. The molecule has 3 aromatic rings. The number of halogens is 1. The molecule has 0 saturated heterocycles. The monoisotopic (exact) mass is 383 g/mol. The number of rotatable bonds is 7. The molecule has 0 saturated carbocycles. The summed E-state index contributed by atoms with van der Waals surface area (Å²) in [6.45, 7) is 4.56. The Morgan fingerprint density at radius 1 is 1.19 bits per heavy atom. The van der Waals surface area contributed by atoms with Gasteiger partial charge in [0.15, 0.2) is 0 Å². The number of aromatic nitrogens is 2. The number of H-pyrrole nitrogens is 1. The summed E-state index contributed by atoms with van der Waals surface area (Å²) in [4.78, 5) is 19.9. The number of aryl methyl sites for hydroxylation is 1. The van der Waals surface area contributed by atoms with Crippen molar-refractivity contribution < 1.29 is 4.74 Å². The third-order valence-electron chi connectivity index (χ3n) is 4.09. The topological polar surface area (TPSA) is 67.0 Å². The van der Waals surface area contributed by atoms with Crippen LogP contribution in [0.2, 0.25) is 5.02 Å². The highest BCUT2D eigenvalue weighted by Gasteiger charge is 2.10. The van der Waals surface area contributed by atoms with Gasteiger partial charge in [0.05, 0.1) is 12.3 Å². The quantitative estimate of drug-likeness (QED) is 0.611. The maximum Gasteiger partial charge on any atom is 0.256 e. The molecule has 0 aliphatic heterocycles. The molecule has 0 aliphatic carbocycles. The van der Waals surface area contributed by atoms with Gasteiger partial charge in [0.1, 0.15) is 5.75 Å². The Kier molecular flexibility index (Phi) is 6.14. The predicted octanol–water partition coefficient (Wildman–Crippen LogP) is 4.85. The first-order valence-electron chi connectivity index (χ1n) is 8.89. The van der Waals surface area contributed by atoms with E-state index >= 15 is 0 Å². The second-order valence-corrected chi connectivity index (χ2v) is 6.72. The maximum atomic E-state index is 12.5. The van der Waals surface area contributed by atoms with Crippen molar-refractivity contribution in [3.05, 3.63) is 80.7 Å². The Balaban J connectivity index is 1.78. The number of benzene rings is 2. The Morgan fingerprint density at radius 2 is 1.96 bits per heavy atom. The molecule has 0 fully saturated rings. The zero-order chi connectivity index (χ0) is 19.2. The lowest BCUT2D eigenvalue weighted by atomic mass is 10.1. The van der Waals surface area contributed by atoms with Gasteiger partial charge in [-0.15, -0.1) is 0 Å². The molecule has 0 radical (unpaired) electrons. The van der Waals surface area contributed by atoms with E-state index in [9.17, 15) is 4.79 Å². The fourth-order valence-corrected chi connectivity index (χ4v) is 2.83. The van der Waals surface area contributed by atoms with E-state index in [1.54, 1.807) is 0 Å². The van der Waals surface area contributed by atoms with E-state index in [1.807, 2.05) is 55.5 Å². The lowest BCUT2D eigenvalue weighted by Gasteiger charge is -2.11. The molecule has 0 unspecified atom stereocenters. The summed E-state index contributed by atoms with van der Waals surface area (Å²) < 4.78 is 5.63. The van der Waals surface area contributed by atoms with Crippen molar-refractivity contribution in [1.29, 1.82) is 0 Å². The summed E-state index contributed by atoms with van der Waals surface area (Å²) in [5, 5.41) is 3.81. The van der Waals surface area contributed by atoms with Crippen LogP contribution in [0, 0.1) is 6.92 Å². The Bertz CT molecular complexity index is 968. The fraction of sp³-hybridized carbons (Fsp3) is 0.238. The third kappa shape index (κ3) is 5.11. The number of hydrogen-bond donors (Lipinski definition) is 2. The van der Waals surface area contributed by atoms with Crippen molar-refractivity contribution in [2.45, 2.75) is 26.7 Å². The average Bonchev–Trinajstić information content (AvgIpc) is 2.65. The van der Waals surface area contributed by atoms with Crippen molar-refractivity contribution in [2.75, 3.05) is 11.9 Å². The van der Waals surface area contributed by atoms with Crippen LogP contribution in [-0.2, 0) is 6.42 Å². The number of nitrogens with one attached hydrogen (secondary N) is 2. The molecule has 3 rings (SSSR count). The van der Waals surface area contributed by atoms with Gasteiger partial charge in [0.25, 0.3) is 5.56 Å². The lowest BCUT2D eigenvalue weighted by molar-refractivity contribution is 0.317. The minimum Gasteiger partial charge on any atom is -0.494 e. The van der Waals surface area contributed by atoms with E-state index in [0.29, 0.717) is 35.3 Å². The summed E-state index contributed by atoms with van der Waals surface area (Å²) in [7, 11) is 0. The van der Waals surface area contributed by atoms with Gasteiger partial charge in [0, 0.05) is 28.8 Å². The molecule has 0 atom stereocenters. The van der Waals surface area contributed by atoms with Gasteiger partial charge < -0.3 is 10.1 Å². The molecule has 0 amide bonds. The fourth-order valence-electron chi connectivity index (χ4n) is 2.70. The van der Waals surface area contributed by atoms with E-state index in [-0.39, 0.29) is 5.56 Å². The number of aromatic amines is 1. The summed E-state index contributed by atoms with van der Waals surface area (Å²) in [5.74, 6) is 1.19. The van der Waals surface area contributed by atoms with Crippen LogP contribution < -0.4 is 15.6 Å². The SMILES string of the molecule is CCCOc1cccc(Nc2nc(C)c(Cc3ccc(Cl)cc3)c(=O)[nH]2)c1. The van der Waals surface area contributed by atoms with E-state index in [0.717, 1.165) is 23.4 Å². The number of ether oxygens (including phenoxy) is 1. The first-order valence-corrected chi connectivity index (χ1v) is 9.27. The second-order valence-electron chi connectivity index (χ2n) is 6.28. The normalized spacial score (nSPS) is 10.6. The van der Waals surface area contributed by atoms with Crippen molar-refractivity contribution >= 4 is 23.2 Å². The molecular weight excluding hydrogens is 362 g/mol. The summed E-state index contributed by atoms with van der Waals surface area (Å²) in [6, 6.07) is 15.0. The molecule has 6 heteroatoms. The Labute approximate surface area is 163 Å². The zero-order valence-corrected chi connectivity index (χ0v) is 16.1. The first-order chi connectivity index (χ1) is 13.0. The third-order valence-corrected chi connectivity index (χ3v) is 4.34. The molecule has 0 aliphatic rings. The lowest BCUT2D eigenvalue weighted by Crippen LogP contribution is -2.18. The largest absolute Gasteiger partial charge is 0.494 e. The van der Waals surface area contributed by atoms with E-state index in [2.05, 4.69) is 22.2 Å². The van der Waals surface area contributed by atoms with Gasteiger partial charge in [-0.3, -0.25) is 9.78 Å². The minimum absolute atomic E-state index is 0.154. The number of anilines is 2. The van der Waals surface area contributed by atoms with Gasteiger partial charge in [0.2, 0.25) is 5.95 Å².